The Labute approximate surface area is 117 Å². The van der Waals surface area contributed by atoms with Crippen LogP contribution in [0.15, 0.2) is 29.2 Å². The predicted octanol–water partition coefficient (Wildman–Crippen LogP) is 0.231. The molecule has 2 atom stereocenters. The molecule has 0 spiro atoms. The first-order valence-electron chi connectivity index (χ1n) is 6.47. The van der Waals surface area contributed by atoms with Crippen LogP contribution in [0.1, 0.15) is 12.0 Å². The molecule has 2 unspecified atom stereocenters. The van der Waals surface area contributed by atoms with Crippen molar-refractivity contribution in [3.63, 3.8) is 0 Å². The number of ether oxygens (including phenoxy) is 1. The van der Waals surface area contributed by atoms with E-state index < -0.39 is 10.0 Å². The lowest BCUT2D eigenvalue weighted by molar-refractivity contribution is -0.156. The summed E-state index contributed by atoms with van der Waals surface area (Å²) < 4.78 is 32.3. The number of hydrogen-bond donors (Lipinski definition) is 1. The van der Waals surface area contributed by atoms with Crippen LogP contribution in [0.2, 0.25) is 0 Å². The van der Waals surface area contributed by atoms with Gasteiger partial charge in [-0.15, -0.1) is 0 Å². The van der Waals surface area contributed by atoms with Crippen LogP contribution in [0.3, 0.4) is 0 Å². The number of sulfonamides is 1. The summed E-state index contributed by atoms with van der Waals surface area (Å²) in [6.45, 7) is 2.54. The fraction of sp³-hybridized carbons (Fsp3) is 0.462. The van der Waals surface area contributed by atoms with E-state index in [0.717, 1.165) is 5.56 Å². The van der Waals surface area contributed by atoms with Crippen LogP contribution >= 0.6 is 0 Å². The molecule has 7 heteroatoms. The third-order valence-electron chi connectivity index (χ3n) is 3.60. The predicted molar refractivity (Wildman–Crippen MR) is 71.4 cm³/mol. The molecule has 0 radical (unpaired) electrons. The summed E-state index contributed by atoms with van der Waals surface area (Å²) in [7, 11) is -3.53. The Morgan fingerprint density at radius 3 is 2.65 bits per heavy atom. The van der Waals surface area contributed by atoms with E-state index in [0.29, 0.717) is 13.0 Å². The minimum absolute atomic E-state index is 0.0684. The molecule has 2 aliphatic heterocycles. The molecule has 2 saturated heterocycles. The van der Waals surface area contributed by atoms with Gasteiger partial charge in [0.25, 0.3) is 0 Å². The molecule has 20 heavy (non-hydrogen) atoms. The second-order valence-corrected chi connectivity index (χ2v) is 6.89. The maximum Gasteiger partial charge on any atom is 0.240 e. The lowest BCUT2D eigenvalue weighted by Crippen LogP contribution is -2.48. The number of amides is 1. The molecule has 2 heterocycles. The molecule has 0 saturated carbocycles. The van der Waals surface area contributed by atoms with Crippen molar-refractivity contribution >= 4 is 15.9 Å². The Kier molecular flexibility index (Phi) is 3.27. The minimum atomic E-state index is -3.53. The lowest BCUT2D eigenvalue weighted by Gasteiger charge is -2.31. The smallest absolute Gasteiger partial charge is 0.240 e. The van der Waals surface area contributed by atoms with E-state index in [2.05, 4.69) is 4.72 Å². The topological polar surface area (TPSA) is 75.7 Å². The highest BCUT2D eigenvalue weighted by Crippen LogP contribution is 2.28. The van der Waals surface area contributed by atoms with Crippen molar-refractivity contribution < 1.29 is 17.9 Å². The first kappa shape index (κ1) is 13.5. The standard InChI is InChI=1S/C13H16N2O4S/c1-9-2-4-11(5-3-9)20(17,18)14-7-10-8-15-12(16)6-13(15)19-10/h2-5,10,13-14H,6-8H2,1H3. The molecule has 0 bridgehead atoms. The number of β-lactam (4-membered cyclic amide) rings is 1. The monoisotopic (exact) mass is 296 g/mol. The highest BCUT2D eigenvalue weighted by atomic mass is 32.2. The number of carbonyl (C=O) groups is 1. The van der Waals surface area contributed by atoms with Crippen LogP contribution in [0, 0.1) is 6.92 Å². The van der Waals surface area contributed by atoms with Crippen LogP contribution in [-0.4, -0.2) is 44.6 Å². The molecule has 6 nitrogen and oxygen atoms in total. The number of carbonyl (C=O) groups excluding carboxylic acids is 1. The van der Waals surface area contributed by atoms with Crippen LogP contribution in [0.4, 0.5) is 0 Å². The first-order valence-corrected chi connectivity index (χ1v) is 7.95. The van der Waals surface area contributed by atoms with Gasteiger partial charge in [0.2, 0.25) is 15.9 Å². The largest absolute Gasteiger partial charge is 0.351 e. The Bertz CT molecular complexity index is 626. The molecule has 2 fully saturated rings. The molecule has 2 aliphatic rings. The van der Waals surface area contributed by atoms with E-state index in [1.165, 1.54) is 0 Å². The van der Waals surface area contributed by atoms with Gasteiger partial charge in [0, 0.05) is 6.54 Å². The molecule has 1 amide bonds. The van der Waals surface area contributed by atoms with Gasteiger partial charge in [-0.2, -0.15) is 0 Å². The second kappa shape index (κ2) is 4.83. The fourth-order valence-electron chi connectivity index (χ4n) is 2.37. The van der Waals surface area contributed by atoms with Crippen molar-refractivity contribution in [2.45, 2.75) is 30.6 Å². The van der Waals surface area contributed by atoms with Gasteiger partial charge < -0.3 is 9.64 Å². The molecule has 0 aromatic heterocycles. The van der Waals surface area contributed by atoms with Gasteiger partial charge in [0.15, 0.2) is 0 Å². The van der Waals surface area contributed by atoms with Gasteiger partial charge in [0.05, 0.1) is 24.0 Å². The lowest BCUT2D eigenvalue weighted by atomic mass is 10.2. The van der Waals surface area contributed by atoms with Gasteiger partial charge in [-0.3, -0.25) is 4.79 Å². The summed E-state index contributed by atoms with van der Waals surface area (Å²) in [4.78, 5) is 13.1. The van der Waals surface area contributed by atoms with E-state index in [1.54, 1.807) is 29.2 Å². The normalized spacial score (nSPS) is 25.4. The van der Waals surface area contributed by atoms with Crippen LogP contribution in [0.5, 0.6) is 0 Å². The van der Waals surface area contributed by atoms with Crippen molar-refractivity contribution in [1.29, 1.82) is 0 Å². The molecule has 3 rings (SSSR count). The molecule has 1 aromatic carbocycles. The number of fused-ring (bicyclic) bond motifs is 1. The Hall–Kier alpha value is -1.44. The molecule has 0 aliphatic carbocycles. The van der Waals surface area contributed by atoms with Crippen molar-refractivity contribution in [2.24, 2.45) is 0 Å². The highest BCUT2D eigenvalue weighted by Gasteiger charge is 2.45. The number of rotatable bonds is 4. The number of hydrogen-bond acceptors (Lipinski definition) is 4. The van der Waals surface area contributed by atoms with Crippen molar-refractivity contribution in [2.75, 3.05) is 13.1 Å². The van der Waals surface area contributed by atoms with E-state index in [1.807, 2.05) is 6.92 Å². The van der Waals surface area contributed by atoms with Crippen LogP contribution < -0.4 is 4.72 Å². The average molecular weight is 296 g/mol. The summed E-state index contributed by atoms with van der Waals surface area (Å²) in [5.41, 5.74) is 1.01. The number of aryl methyl sites for hydroxylation is 1. The third-order valence-corrected chi connectivity index (χ3v) is 5.04. The summed E-state index contributed by atoms with van der Waals surface area (Å²) >= 11 is 0. The second-order valence-electron chi connectivity index (χ2n) is 5.13. The summed E-state index contributed by atoms with van der Waals surface area (Å²) in [6.07, 6.45) is -0.0237. The number of nitrogens with zero attached hydrogens (tertiary/aromatic N) is 1. The number of benzene rings is 1. The Morgan fingerprint density at radius 1 is 1.35 bits per heavy atom. The van der Waals surface area contributed by atoms with Gasteiger partial charge in [-0.25, -0.2) is 13.1 Å². The third kappa shape index (κ3) is 2.44. The fourth-order valence-corrected chi connectivity index (χ4v) is 3.43. The zero-order chi connectivity index (χ0) is 14.3. The average Bonchev–Trinajstić information content (AvgIpc) is 2.74. The van der Waals surface area contributed by atoms with Gasteiger partial charge in [0.1, 0.15) is 6.23 Å². The maximum atomic E-state index is 12.1. The molecular formula is C13H16N2O4S. The summed E-state index contributed by atoms with van der Waals surface area (Å²) in [5.74, 6) is 0.0684. The summed E-state index contributed by atoms with van der Waals surface area (Å²) in [6, 6.07) is 6.66. The Morgan fingerprint density at radius 2 is 2.05 bits per heavy atom. The van der Waals surface area contributed by atoms with Crippen LogP contribution in [0.25, 0.3) is 0 Å². The highest BCUT2D eigenvalue weighted by molar-refractivity contribution is 7.89. The van der Waals surface area contributed by atoms with E-state index in [-0.39, 0.29) is 29.7 Å². The number of nitrogens with one attached hydrogen (secondary N) is 1. The van der Waals surface area contributed by atoms with Gasteiger partial charge >= 0.3 is 0 Å². The minimum Gasteiger partial charge on any atom is -0.351 e. The quantitative estimate of drug-likeness (QED) is 0.807. The van der Waals surface area contributed by atoms with Crippen molar-refractivity contribution in [3.05, 3.63) is 29.8 Å². The van der Waals surface area contributed by atoms with E-state index >= 15 is 0 Å². The van der Waals surface area contributed by atoms with Crippen molar-refractivity contribution in [1.82, 2.24) is 9.62 Å². The SMILES string of the molecule is Cc1ccc(S(=O)(=O)NCC2CN3C(=O)CC3O2)cc1. The Balaban J connectivity index is 1.60. The molecule has 108 valence electrons. The summed E-state index contributed by atoms with van der Waals surface area (Å²) in [5, 5.41) is 0. The van der Waals surface area contributed by atoms with Gasteiger partial charge in [-0.05, 0) is 19.1 Å². The zero-order valence-electron chi connectivity index (χ0n) is 11.1. The van der Waals surface area contributed by atoms with E-state index in [9.17, 15) is 13.2 Å². The van der Waals surface area contributed by atoms with E-state index in [4.69, 9.17) is 4.74 Å². The van der Waals surface area contributed by atoms with Crippen molar-refractivity contribution in [3.8, 4) is 0 Å². The molecular weight excluding hydrogens is 280 g/mol. The zero-order valence-corrected chi connectivity index (χ0v) is 11.9. The molecule has 1 N–H and O–H groups in total. The van der Waals surface area contributed by atoms with Gasteiger partial charge in [-0.1, -0.05) is 17.7 Å². The molecule has 1 aromatic rings. The maximum absolute atomic E-state index is 12.1. The van der Waals surface area contributed by atoms with Crippen LogP contribution in [-0.2, 0) is 19.6 Å². The first-order chi connectivity index (χ1) is 9.45.